The van der Waals surface area contributed by atoms with Gasteiger partial charge in [-0.2, -0.15) is 0 Å². The number of carboxylic acids is 1. The van der Waals surface area contributed by atoms with Crippen LogP contribution in [0, 0.1) is 6.92 Å². The number of rotatable bonds is 2. The maximum Gasteiger partial charge on any atom is 0.325 e. The van der Waals surface area contributed by atoms with Gasteiger partial charge < -0.3 is 15.7 Å². The van der Waals surface area contributed by atoms with Crippen molar-refractivity contribution in [3.63, 3.8) is 0 Å². The van der Waals surface area contributed by atoms with Crippen LogP contribution >= 0.6 is 15.9 Å². The van der Waals surface area contributed by atoms with E-state index in [1.165, 1.54) is 0 Å². The van der Waals surface area contributed by atoms with Crippen LogP contribution < -0.4 is 10.6 Å². The van der Waals surface area contributed by atoms with E-state index in [4.69, 9.17) is 10.8 Å². The molecule has 1 aromatic heterocycles. The van der Waals surface area contributed by atoms with Gasteiger partial charge in [0.25, 0.3) is 0 Å². The summed E-state index contributed by atoms with van der Waals surface area (Å²) in [6, 6.07) is 1.96. The van der Waals surface area contributed by atoms with Gasteiger partial charge in [0.05, 0.1) is 4.47 Å². The van der Waals surface area contributed by atoms with E-state index in [0.717, 1.165) is 15.9 Å². The zero-order valence-corrected chi connectivity index (χ0v) is 11.1. The number of aryl methyl sites for hydroxylation is 1. The van der Waals surface area contributed by atoms with Crippen molar-refractivity contribution in [3.8, 4) is 0 Å². The van der Waals surface area contributed by atoms with Crippen LogP contribution in [-0.2, 0) is 4.79 Å². The molecule has 1 atom stereocenters. The molecule has 1 aromatic rings. The lowest BCUT2D eigenvalue weighted by atomic mass is 10.0. The molecule has 1 unspecified atom stereocenters. The molecule has 0 aromatic carbocycles. The first-order chi connectivity index (χ1) is 7.92. The molecule has 2 heterocycles. The standard InChI is InChI=1S/C11H14BrN3O2/c1-7-4-8(12)9(14-5-7)15-3-2-11(13,6-15)10(16)17/h4-5H,2-3,6,13H2,1H3,(H,16,17). The topological polar surface area (TPSA) is 79.5 Å². The third kappa shape index (κ3) is 2.28. The van der Waals surface area contributed by atoms with E-state index in [2.05, 4.69) is 20.9 Å². The summed E-state index contributed by atoms with van der Waals surface area (Å²) in [5.74, 6) is -0.201. The Labute approximate surface area is 108 Å². The van der Waals surface area contributed by atoms with Gasteiger partial charge >= 0.3 is 5.97 Å². The molecule has 3 N–H and O–H groups in total. The molecule has 0 bridgehead atoms. The maximum atomic E-state index is 11.1. The average Bonchev–Trinajstić information content (AvgIpc) is 2.62. The zero-order chi connectivity index (χ0) is 12.6. The number of nitrogens with zero attached hydrogens (tertiary/aromatic N) is 2. The highest BCUT2D eigenvalue weighted by atomic mass is 79.9. The number of hydrogen-bond acceptors (Lipinski definition) is 4. The van der Waals surface area contributed by atoms with Crippen LogP contribution in [0.5, 0.6) is 0 Å². The lowest BCUT2D eigenvalue weighted by molar-refractivity contribution is -0.142. The molecule has 1 aliphatic heterocycles. The molecule has 0 spiro atoms. The third-order valence-electron chi connectivity index (χ3n) is 2.98. The van der Waals surface area contributed by atoms with Crippen LogP contribution in [0.1, 0.15) is 12.0 Å². The van der Waals surface area contributed by atoms with Crippen molar-refractivity contribution in [2.24, 2.45) is 5.73 Å². The molecular weight excluding hydrogens is 286 g/mol. The lowest BCUT2D eigenvalue weighted by Gasteiger charge is -2.21. The summed E-state index contributed by atoms with van der Waals surface area (Å²) >= 11 is 3.44. The molecular formula is C11H14BrN3O2. The maximum absolute atomic E-state index is 11.1. The van der Waals surface area contributed by atoms with E-state index in [0.29, 0.717) is 13.0 Å². The molecule has 0 aliphatic carbocycles. The molecule has 0 radical (unpaired) electrons. The fourth-order valence-corrected chi connectivity index (χ4v) is 2.66. The Hall–Kier alpha value is -1.14. The monoisotopic (exact) mass is 299 g/mol. The number of aliphatic carboxylic acids is 1. The molecule has 0 saturated carbocycles. The highest BCUT2D eigenvalue weighted by Crippen LogP contribution is 2.30. The van der Waals surface area contributed by atoms with E-state index in [-0.39, 0.29) is 6.54 Å². The fraction of sp³-hybridized carbons (Fsp3) is 0.455. The number of carbonyl (C=O) groups is 1. The number of nitrogens with two attached hydrogens (primary N) is 1. The Balaban J connectivity index is 2.24. The zero-order valence-electron chi connectivity index (χ0n) is 9.48. The average molecular weight is 300 g/mol. The number of halogens is 1. The normalized spacial score (nSPS) is 24.1. The Morgan fingerprint density at radius 1 is 1.71 bits per heavy atom. The van der Waals surface area contributed by atoms with Gasteiger partial charge in [-0.1, -0.05) is 0 Å². The van der Waals surface area contributed by atoms with Gasteiger partial charge in [-0.3, -0.25) is 4.79 Å². The van der Waals surface area contributed by atoms with E-state index in [1.807, 2.05) is 17.9 Å². The molecule has 17 heavy (non-hydrogen) atoms. The van der Waals surface area contributed by atoms with Gasteiger partial charge in [-0.05, 0) is 40.9 Å². The summed E-state index contributed by atoms with van der Waals surface area (Å²) < 4.78 is 0.868. The molecule has 0 amide bonds. The molecule has 1 aliphatic rings. The van der Waals surface area contributed by atoms with E-state index < -0.39 is 11.5 Å². The quantitative estimate of drug-likeness (QED) is 0.856. The van der Waals surface area contributed by atoms with Crippen LogP contribution in [0.15, 0.2) is 16.7 Å². The van der Waals surface area contributed by atoms with Gasteiger partial charge in [-0.15, -0.1) is 0 Å². The summed E-state index contributed by atoms with van der Waals surface area (Å²) in [4.78, 5) is 17.3. The van der Waals surface area contributed by atoms with Crippen LogP contribution in [0.25, 0.3) is 0 Å². The minimum Gasteiger partial charge on any atom is -0.480 e. The largest absolute Gasteiger partial charge is 0.480 e. The van der Waals surface area contributed by atoms with Gasteiger partial charge in [0.2, 0.25) is 0 Å². The minimum atomic E-state index is -1.16. The van der Waals surface area contributed by atoms with Crippen molar-refractivity contribution in [2.75, 3.05) is 18.0 Å². The van der Waals surface area contributed by atoms with Gasteiger partial charge in [0.1, 0.15) is 11.4 Å². The molecule has 5 nitrogen and oxygen atoms in total. The fourth-order valence-electron chi connectivity index (χ4n) is 1.95. The van der Waals surface area contributed by atoms with Gasteiger partial charge in [0.15, 0.2) is 0 Å². The minimum absolute atomic E-state index is 0.289. The second-order valence-electron chi connectivity index (χ2n) is 4.45. The highest BCUT2D eigenvalue weighted by Gasteiger charge is 2.42. The number of aromatic nitrogens is 1. The summed E-state index contributed by atoms with van der Waals surface area (Å²) in [5.41, 5.74) is 5.72. The van der Waals surface area contributed by atoms with Crippen molar-refractivity contribution in [1.82, 2.24) is 4.98 Å². The Bertz CT molecular complexity index is 466. The van der Waals surface area contributed by atoms with Crippen LogP contribution in [0.2, 0.25) is 0 Å². The van der Waals surface area contributed by atoms with Crippen molar-refractivity contribution in [2.45, 2.75) is 18.9 Å². The Morgan fingerprint density at radius 3 is 2.94 bits per heavy atom. The summed E-state index contributed by atoms with van der Waals surface area (Å²) in [7, 11) is 0. The molecule has 92 valence electrons. The summed E-state index contributed by atoms with van der Waals surface area (Å²) in [6.45, 7) is 2.85. The first-order valence-electron chi connectivity index (χ1n) is 5.32. The first-order valence-corrected chi connectivity index (χ1v) is 6.11. The van der Waals surface area contributed by atoms with Crippen molar-refractivity contribution >= 4 is 27.7 Å². The first kappa shape index (κ1) is 12.3. The van der Waals surface area contributed by atoms with E-state index in [1.54, 1.807) is 6.20 Å². The van der Waals surface area contributed by atoms with Gasteiger partial charge in [0, 0.05) is 19.3 Å². The summed E-state index contributed by atoms with van der Waals surface area (Å²) in [6.07, 6.45) is 2.20. The van der Waals surface area contributed by atoms with Crippen molar-refractivity contribution in [3.05, 3.63) is 22.3 Å². The number of carboxylic acid groups (broad SMARTS) is 1. The Morgan fingerprint density at radius 2 is 2.41 bits per heavy atom. The molecule has 2 rings (SSSR count). The smallest absolute Gasteiger partial charge is 0.325 e. The van der Waals surface area contributed by atoms with E-state index >= 15 is 0 Å². The SMILES string of the molecule is Cc1cnc(N2CCC(N)(C(=O)O)C2)c(Br)c1. The number of hydrogen-bond donors (Lipinski definition) is 2. The van der Waals surface area contributed by atoms with Crippen LogP contribution in [0.3, 0.4) is 0 Å². The number of anilines is 1. The molecule has 6 heteroatoms. The predicted molar refractivity (Wildman–Crippen MR) is 68.1 cm³/mol. The molecule has 1 fully saturated rings. The van der Waals surface area contributed by atoms with E-state index in [9.17, 15) is 4.79 Å². The summed E-state index contributed by atoms with van der Waals surface area (Å²) in [5, 5.41) is 9.07. The second-order valence-corrected chi connectivity index (χ2v) is 5.31. The number of pyridine rings is 1. The Kier molecular flexibility index (Phi) is 3.09. The van der Waals surface area contributed by atoms with Gasteiger partial charge in [-0.25, -0.2) is 4.98 Å². The third-order valence-corrected chi connectivity index (χ3v) is 3.57. The lowest BCUT2D eigenvalue weighted by Crippen LogP contribution is -2.50. The van der Waals surface area contributed by atoms with Crippen LogP contribution in [-0.4, -0.2) is 34.7 Å². The predicted octanol–water partition coefficient (Wildman–Crippen LogP) is 1.14. The molecule has 1 saturated heterocycles. The van der Waals surface area contributed by atoms with Crippen molar-refractivity contribution in [1.29, 1.82) is 0 Å². The highest BCUT2D eigenvalue weighted by molar-refractivity contribution is 9.10. The second kappa shape index (κ2) is 4.27. The van der Waals surface area contributed by atoms with Crippen LogP contribution in [0.4, 0.5) is 5.82 Å². The van der Waals surface area contributed by atoms with Crippen molar-refractivity contribution < 1.29 is 9.90 Å².